The van der Waals surface area contributed by atoms with E-state index in [0.29, 0.717) is 0 Å². The lowest BCUT2D eigenvalue weighted by molar-refractivity contribution is 0.154. The lowest BCUT2D eigenvalue weighted by Gasteiger charge is -2.03. The Bertz CT molecular complexity index is 53.7. The van der Waals surface area contributed by atoms with Gasteiger partial charge in [-0.2, -0.15) is 0 Å². The highest BCUT2D eigenvalue weighted by Crippen LogP contribution is 2.17. The summed E-state index contributed by atoms with van der Waals surface area (Å²) in [6.07, 6.45) is 0. The first kappa shape index (κ1) is 5.41. The first-order chi connectivity index (χ1) is 3.43. The molecule has 1 heterocycles. The normalized spacial score (nSPS) is 31.3. The Kier molecular flexibility index (Phi) is 1.97. The molecule has 1 aliphatic rings. The van der Waals surface area contributed by atoms with Gasteiger partial charge in [0.25, 0.3) is 0 Å². The van der Waals surface area contributed by atoms with Crippen LogP contribution in [0.15, 0.2) is 0 Å². The Hall–Kier alpha value is 0.270. The summed E-state index contributed by atoms with van der Waals surface area (Å²) in [6.45, 7) is 0.961. The Labute approximate surface area is 47.6 Å². The van der Waals surface area contributed by atoms with E-state index in [1.807, 2.05) is 0 Å². The zero-order valence-corrected chi connectivity index (χ0v) is 4.99. The predicted molar refractivity (Wildman–Crippen MR) is 30.7 cm³/mol. The van der Waals surface area contributed by atoms with Crippen molar-refractivity contribution in [1.29, 1.82) is 0 Å². The summed E-state index contributed by atoms with van der Waals surface area (Å²) in [5.74, 6) is 2.09. The minimum atomic E-state index is 0.208. The average Bonchev–Trinajstić information content (AvgIpc) is 2.14. The highest BCUT2D eigenvalue weighted by atomic mass is 32.2. The smallest absolute Gasteiger partial charge is 0.156 e. The van der Waals surface area contributed by atoms with Crippen molar-refractivity contribution in [3.63, 3.8) is 0 Å². The molecule has 0 amide bonds. The summed E-state index contributed by atoms with van der Waals surface area (Å²) < 4.78 is 4.93. The van der Waals surface area contributed by atoms with Gasteiger partial charge >= 0.3 is 0 Å². The lowest BCUT2D eigenvalue weighted by atomic mass is 10.8. The van der Waals surface area contributed by atoms with Crippen LogP contribution in [-0.4, -0.2) is 19.2 Å². The fraction of sp³-hybridized carbons (Fsp3) is 0.750. The highest BCUT2D eigenvalue weighted by molar-refractivity contribution is 8.01. The molecule has 0 aromatic rings. The fourth-order valence-corrected chi connectivity index (χ4v) is 1.14. The van der Waals surface area contributed by atoms with E-state index in [1.165, 1.54) is 0 Å². The van der Waals surface area contributed by atoms with Gasteiger partial charge in [-0.3, -0.25) is 5.32 Å². The summed E-state index contributed by atoms with van der Waals surface area (Å²) in [6, 6.07) is 0. The van der Waals surface area contributed by atoms with Crippen molar-refractivity contribution in [2.24, 2.45) is 0 Å². The van der Waals surface area contributed by atoms with E-state index in [1.54, 1.807) is 18.9 Å². The van der Waals surface area contributed by atoms with Crippen molar-refractivity contribution in [2.45, 2.75) is 5.56 Å². The second kappa shape index (κ2) is 2.55. The van der Waals surface area contributed by atoms with Crippen LogP contribution in [0, 0.1) is 5.75 Å². The Morgan fingerprint density at radius 1 is 2.00 bits per heavy atom. The second-order valence-electron chi connectivity index (χ2n) is 1.28. The molecule has 1 aliphatic heterocycles. The molecule has 0 bridgehead atoms. The molecule has 1 saturated heterocycles. The van der Waals surface area contributed by atoms with E-state index >= 15 is 0 Å². The third kappa shape index (κ3) is 1.33. The van der Waals surface area contributed by atoms with Gasteiger partial charge in [0.2, 0.25) is 0 Å². The van der Waals surface area contributed by atoms with E-state index in [-0.39, 0.29) is 5.56 Å². The molecular weight excluding hydrogens is 110 g/mol. The standard InChI is InChI=1S/C4H8NOS/c1-6-4-5-2-3-7-4/h3-5H,2H2,1H3. The third-order valence-electron chi connectivity index (χ3n) is 0.802. The van der Waals surface area contributed by atoms with Crippen LogP contribution in [0.2, 0.25) is 0 Å². The van der Waals surface area contributed by atoms with Crippen molar-refractivity contribution in [3.05, 3.63) is 5.75 Å². The second-order valence-corrected chi connectivity index (χ2v) is 2.31. The van der Waals surface area contributed by atoms with Gasteiger partial charge in [0.05, 0.1) is 0 Å². The zero-order chi connectivity index (χ0) is 5.11. The van der Waals surface area contributed by atoms with E-state index in [2.05, 4.69) is 11.1 Å². The maximum atomic E-state index is 4.93. The topological polar surface area (TPSA) is 21.3 Å². The molecule has 2 nitrogen and oxygen atoms in total. The Morgan fingerprint density at radius 3 is 3.14 bits per heavy atom. The Morgan fingerprint density at radius 2 is 2.86 bits per heavy atom. The van der Waals surface area contributed by atoms with Crippen LogP contribution in [0.5, 0.6) is 0 Å². The molecule has 3 heteroatoms. The van der Waals surface area contributed by atoms with Crippen LogP contribution in [0.25, 0.3) is 0 Å². The van der Waals surface area contributed by atoms with Gasteiger partial charge in [-0.1, -0.05) is 0 Å². The lowest BCUT2D eigenvalue weighted by Crippen LogP contribution is -2.20. The molecule has 0 aromatic carbocycles. The van der Waals surface area contributed by atoms with Crippen molar-refractivity contribution >= 4 is 11.8 Å². The molecule has 0 saturated carbocycles. The summed E-state index contributed by atoms with van der Waals surface area (Å²) >= 11 is 1.68. The fourth-order valence-electron chi connectivity index (χ4n) is 0.467. The van der Waals surface area contributed by atoms with E-state index in [4.69, 9.17) is 4.74 Å². The molecule has 1 fully saturated rings. The summed E-state index contributed by atoms with van der Waals surface area (Å²) in [5.41, 5.74) is 0.208. The number of methoxy groups -OCH3 is 1. The van der Waals surface area contributed by atoms with Gasteiger partial charge < -0.3 is 4.74 Å². The van der Waals surface area contributed by atoms with Crippen LogP contribution >= 0.6 is 11.8 Å². The minimum absolute atomic E-state index is 0.208. The third-order valence-corrected chi connectivity index (χ3v) is 1.77. The largest absolute Gasteiger partial charge is 0.357 e. The van der Waals surface area contributed by atoms with Gasteiger partial charge in [-0.15, -0.1) is 11.8 Å². The maximum absolute atomic E-state index is 4.93. The first-order valence-electron chi connectivity index (χ1n) is 2.17. The van der Waals surface area contributed by atoms with Crippen LogP contribution < -0.4 is 5.32 Å². The van der Waals surface area contributed by atoms with Gasteiger partial charge in [0, 0.05) is 19.4 Å². The average molecular weight is 118 g/mol. The first-order valence-corrected chi connectivity index (χ1v) is 3.11. The van der Waals surface area contributed by atoms with E-state index in [9.17, 15) is 0 Å². The SMILES string of the molecule is COC1NC[CH]S1. The van der Waals surface area contributed by atoms with Crippen LogP contribution in [0.3, 0.4) is 0 Å². The number of nitrogens with one attached hydrogen (secondary N) is 1. The van der Waals surface area contributed by atoms with Gasteiger partial charge in [0.1, 0.15) is 0 Å². The predicted octanol–water partition coefficient (Wildman–Crippen LogP) is 0.415. The van der Waals surface area contributed by atoms with Crippen LogP contribution in [-0.2, 0) is 4.74 Å². The molecule has 1 atom stereocenters. The van der Waals surface area contributed by atoms with Crippen molar-refractivity contribution in [1.82, 2.24) is 5.32 Å². The molecule has 0 spiro atoms. The quantitative estimate of drug-likeness (QED) is 0.539. The molecule has 7 heavy (non-hydrogen) atoms. The molecule has 1 unspecified atom stereocenters. The summed E-state index contributed by atoms with van der Waals surface area (Å²) in [7, 11) is 1.70. The number of ether oxygens (including phenoxy) is 1. The van der Waals surface area contributed by atoms with Crippen molar-refractivity contribution < 1.29 is 4.74 Å². The molecule has 0 aliphatic carbocycles. The van der Waals surface area contributed by atoms with Gasteiger partial charge in [0.15, 0.2) is 5.56 Å². The van der Waals surface area contributed by atoms with Crippen LogP contribution in [0.1, 0.15) is 0 Å². The number of hydrogen-bond acceptors (Lipinski definition) is 3. The molecule has 0 aromatic heterocycles. The van der Waals surface area contributed by atoms with Crippen LogP contribution in [0.4, 0.5) is 0 Å². The molecule has 1 radical (unpaired) electrons. The Balaban J connectivity index is 2.14. The summed E-state index contributed by atoms with van der Waals surface area (Å²) in [4.78, 5) is 0. The molecule has 1 rings (SSSR count). The highest BCUT2D eigenvalue weighted by Gasteiger charge is 2.11. The van der Waals surface area contributed by atoms with E-state index < -0.39 is 0 Å². The summed E-state index contributed by atoms with van der Waals surface area (Å²) in [5, 5.41) is 3.09. The number of hydrogen-bond donors (Lipinski definition) is 1. The van der Waals surface area contributed by atoms with Crippen molar-refractivity contribution in [2.75, 3.05) is 13.7 Å². The van der Waals surface area contributed by atoms with Gasteiger partial charge in [-0.05, 0) is 0 Å². The van der Waals surface area contributed by atoms with E-state index in [0.717, 1.165) is 6.54 Å². The van der Waals surface area contributed by atoms with Crippen molar-refractivity contribution in [3.8, 4) is 0 Å². The zero-order valence-electron chi connectivity index (χ0n) is 4.18. The molecular formula is C4H8NOS. The number of thioether (sulfide) groups is 1. The minimum Gasteiger partial charge on any atom is -0.357 e. The van der Waals surface area contributed by atoms with Gasteiger partial charge in [-0.25, -0.2) is 0 Å². The maximum Gasteiger partial charge on any atom is 0.156 e. The monoisotopic (exact) mass is 118 g/mol. The molecule has 41 valence electrons. The number of rotatable bonds is 1. The molecule has 1 N–H and O–H groups in total.